The Morgan fingerprint density at radius 2 is 1.64 bits per heavy atom. The van der Waals surface area contributed by atoms with Crippen molar-refractivity contribution in [2.45, 2.75) is 97.4 Å². The van der Waals surface area contributed by atoms with Crippen LogP contribution in [0.25, 0.3) is 0 Å². The number of aryl methyl sites for hydroxylation is 1. The fourth-order valence-electron chi connectivity index (χ4n) is 3.86. The lowest BCUT2D eigenvalue weighted by Gasteiger charge is -2.32. The Labute approximate surface area is 247 Å². The highest BCUT2D eigenvalue weighted by atomic mass is 16.6. The second-order valence-electron chi connectivity index (χ2n) is 11.7. The van der Waals surface area contributed by atoms with Gasteiger partial charge in [0.25, 0.3) is 0 Å². The van der Waals surface area contributed by atoms with Gasteiger partial charge in [-0.1, -0.05) is 30.3 Å². The number of carbonyl (C=O) groups excluding carboxylic acids is 4. The SMILES string of the molecule is CCOC(=O)c1coc([C@@H](CCc2ccccc2)N(C(=O)OC(C)(C)C)C(=O)[C@H](N)CCCNC(=O)OC(C)(C)C)n1. The van der Waals surface area contributed by atoms with Gasteiger partial charge in [0.2, 0.25) is 11.8 Å². The molecule has 2 atom stereocenters. The van der Waals surface area contributed by atoms with E-state index in [4.69, 9.17) is 24.4 Å². The van der Waals surface area contributed by atoms with Crippen molar-refractivity contribution in [1.29, 1.82) is 0 Å². The summed E-state index contributed by atoms with van der Waals surface area (Å²) < 4.78 is 21.5. The Balaban J connectivity index is 2.33. The van der Waals surface area contributed by atoms with Crippen molar-refractivity contribution < 1.29 is 37.8 Å². The molecule has 1 aromatic heterocycles. The van der Waals surface area contributed by atoms with Crippen molar-refractivity contribution in [3.63, 3.8) is 0 Å². The monoisotopic (exact) mass is 588 g/mol. The summed E-state index contributed by atoms with van der Waals surface area (Å²) in [5, 5.41) is 2.63. The summed E-state index contributed by atoms with van der Waals surface area (Å²) in [6.45, 7) is 12.3. The van der Waals surface area contributed by atoms with Crippen molar-refractivity contribution >= 4 is 24.1 Å². The first-order chi connectivity index (χ1) is 19.6. The minimum absolute atomic E-state index is 0.0352. The topological polar surface area (TPSA) is 163 Å². The van der Waals surface area contributed by atoms with Crippen LogP contribution in [0.4, 0.5) is 9.59 Å². The first-order valence-corrected chi connectivity index (χ1v) is 14.1. The van der Waals surface area contributed by atoms with Crippen LogP contribution in [0.3, 0.4) is 0 Å². The van der Waals surface area contributed by atoms with Gasteiger partial charge in [-0.05, 0) is 79.7 Å². The Hall–Kier alpha value is -3.93. The minimum Gasteiger partial charge on any atom is -0.461 e. The summed E-state index contributed by atoms with van der Waals surface area (Å²) in [4.78, 5) is 56.7. The van der Waals surface area contributed by atoms with Crippen LogP contribution in [0.1, 0.15) is 95.7 Å². The van der Waals surface area contributed by atoms with Crippen LogP contribution in [0.2, 0.25) is 0 Å². The number of oxazole rings is 1. The van der Waals surface area contributed by atoms with E-state index >= 15 is 0 Å². The third-order valence-corrected chi connectivity index (χ3v) is 5.66. The van der Waals surface area contributed by atoms with Crippen molar-refractivity contribution in [1.82, 2.24) is 15.2 Å². The zero-order valence-corrected chi connectivity index (χ0v) is 25.6. The van der Waals surface area contributed by atoms with E-state index in [1.807, 2.05) is 30.3 Å². The molecule has 2 rings (SSSR count). The van der Waals surface area contributed by atoms with E-state index in [1.54, 1.807) is 48.5 Å². The van der Waals surface area contributed by atoms with Gasteiger partial charge in [-0.25, -0.2) is 24.3 Å². The molecule has 0 bridgehead atoms. The molecule has 0 radical (unpaired) electrons. The van der Waals surface area contributed by atoms with Crippen LogP contribution < -0.4 is 11.1 Å². The molecule has 3 amide bonds. The van der Waals surface area contributed by atoms with E-state index in [-0.39, 0.29) is 37.6 Å². The lowest BCUT2D eigenvalue weighted by atomic mass is 10.0. The molecule has 0 aliphatic heterocycles. The van der Waals surface area contributed by atoms with Gasteiger partial charge < -0.3 is 29.7 Å². The molecule has 232 valence electrons. The summed E-state index contributed by atoms with van der Waals surface area (Å²) >= 11 is 0. The number of nitrogens with zero attached hydrogens (tertiary/aromatic N) is 2. The van der Waals surface area contributed by atoms with E-state index in [0.717, 1.165) is 16.7 Å². The highest BCUT2D eigenvalue weighted by molar-refractivity contribution is 5.95. The number of hydrogen-bond acceptors (Lipinski definition) is 10. The maximum Gasteiger partial charge on any atom is 0.417 e. The number of carbonyl (C=O) groups is 4. The number of nitrogens with two attached hydrogens (primary N) is 1. The number of ether oxygens (including phenoxy) is 3. The second kappa shape index (κ2) is 15.3. The number of aromatic nitrogens is 1. The van der Waals surface area contributed by atoms with Gasteiger partial charge >= 0.3 is 18.2 Å². The van der Waals surface area contributed by atoms with Crippen LogP contribution in [-0.2, 0) is 25.4 Å². The van der Waals surface area contributed by atoms with Gasteiger partial charge in [-0.2, -0.15) is 0 Å². The normalized spacial score (nSPS) is 13.0. The van der Waals surface area contributed by atoms with Gasteiger partial charge in [-0.3, -0.25) is 4.79 Å². The highest BCUT2D eigenvalue weighted by Crippen LogP contribution is 2.29. The molecular formula is C30H44N4O8. The number of esters is 1. The van der Waals surface area contributed by atoms with Gasteiger partial charge in [0.05, 0.1) is 12.6 Å². The van der Waals surface area contributed by atoms with Crippen molar-refractivity contribution in [2.75, 3.05) is 13.2 Å². The summed E-state index contributed by atoms with van der Waals surface area (Å²) in [6, 6.07) is 7.32. The third kappa shape index (κ3) is 11.5. The van der Waals surface area contributed by atoms with E-state index in [9.17, 15) is 19.2 Å². The summed E-state index contributed by atoms with van der Waals surface area (Å²) in [6.07, 6.45) is 0.773. The zero-order valence-electron chi connectivity index (χ0n) is 25.6. The standard InChI is InChI=1S/C30H44N4O8/c1-8-39-26(36)22-19-40-24(33-22)23(17-16-20-13-10-9-11-14-20)34(28(38)42-30(5,6)7)25(35)21(31)15-12-18-32-27(37)41-29(2,3)4/h9-11,13-14,19,21,23H,8,12,15-18,31H2,1-7H3,(H,32,37)/t21-,23-/m1/s1. The van der Waals surface area contributed by atoms with Gasteiger partial charge in [-0.15, -0.1) is 0 Å². The largest absolute Gasteiger partial charge is 0.461 e. The van der Waals surface area contributed by atoms with Crippen LogP contribution in [0.15, 0.2) is 41.0 Å². The third-order valence-electron chi connectivity index (χ3n) is 5.66. The Morgan fingerprint density at radius 3 is 2.24 bits per heavy atom. The molecule has 3 N–H and O–H groups in total. The van der Waals surface area contributed by atoms with Crippen molar-refractivity contribution in [3.05, 3.63) is 53.7 Å². The van der Waals surface area contributed by atoms with E-state index < -0.39 is 47.3 Å². The molecule has 0 aliphatic carbocycles. The molecule has 12 nitrogen and oxygen atoms in total. The fraction of sp³-hybridized carbons (Fsp3) is 0.567. The molecule has 0 fully saturated rings. The predicted molar refractivity (Wildman–Crippen MR) is 154 cm³/mol. The van der Waals surface area contributed by atoms with Crippen LogP contribution in [-0.4, -0.2) is 64.3 Å². The van der Waals surface area contributed by atoms with Crippen LogP contribution in [0.5, 0.6) is 0 Å². The first-order valence-electron chi connectivity index (χ1n) is 14.1. The summed E-state index contributed by atoms with van der Waals surface area (Å²) in [5.41, 5.74) is 5.58. The molecule has 42 heavy (non-hydrogen) atoms. The molecular weight excluding hydrogens is 544 g/mol. The highest BCUT2D eigenvalue weighted by Gasteiger charge is 2.39. The van der Waals surface area contributed by atoms with E-state index in [2.05, 4.69) is 10.3 Å². The summed E-state index contributed by atoms with van der Waals surface area (Å²) in [5.74, 6) is -1.44. The van der Waals surface area contributed by atoms with Crippen molar-refractivity contribution in [3.8, 4) is 0 Å². The number of rotatable bonds is 12. The van der Waals surface area contributed by atoms with Crippen molar-refractivity contribution in [2.24, 2.45) is 5.73 Å². The number of imide groups is 1. The zero-order chi connectivity index (χ0) is 31.5. The Kier molecular flexibility index (Phi) is 12.5. The Bertz CT molecular complexity index is 1180. The number of hydrogen-bond donors (Lipinski definition) is 2. The van der Waals surface area contributed by atoms with Gasteiger partial charge in [0.1, 0.15) is 23.5 Å². The van der Waals surface area contributed by atoms with Gasteiger partial charge in [0, 0.05) is 6.54 Å². The quantitative estimate of drug-likeness (QED) is 0.198. The predicted octanol–water partition coefficient (Wildman–Crippen LogP) is 4.92. The second-order valence-corrected chi connectivity index (χ2v) is 11.7. The molecule has 0 saturated heterocycles. The maximum atomic E-state index is 13.8. The minimum atomic E-state index is -1.11. The number of alkyl carbamates (subject to hydrolysis) is 1. The molecule has 0 saturated carbocycles. The fourth-order valence-corrected chi connectivity index (χ4v) is 3.86. The Morgan fingerprint density at radius 1 is 1.00 bits per heavy atom. The number of benzene rings is 1. The number of nitrogens with one attached hydrogen (secondary N) is 1. The van der Waals surface area contributed by atoms with Gasteiger partial charge in [0.15, 0.2) is 5.69 Å². The smallest absolute Gasteiger partial charge is 0.417 e. The molecule has 1 aromatic carbocycles. The van der Waals surface area contributed by atoms with Crippen LogP contribution >= 0.6 is 0 Å². The molecule has 1 heterocycles. The summed E-state index contributed by atoms with van der Waals surface area (Å²) in [7, 11) is 0. The molecule has 2 aromatic rings. The van der Waals surface area contributed by atoms with Crippen LogP contribution in [0, 0.1) is 0 Å². The molecule has 12 heteroatoms. The first kappa shape index (κ1) is 34.3. The lowest BCUT2D eigenvalue weighted by molar-refractivity contribution is -0.134. The maximum absolute atomic E-state index is 13.8. The molecule has 0 unspecified atom stereocenters. The lowest BCUT2D eigenvalue weighted by Crippen LogP contribution is -2.50. The number of amides is 3. The average molecular weight is 589 g/mol. The van der Waals surface area contributed by atoms with E-state index in [1.165, 1.54) is 0 Å². The molecule has 0 aliphatic rings. The molecule has 0 spiro atoms. The average Bonchev–Trinajstić information content (AvgIpc) is 3.37. The van der Waals surface area contributed by atoms with E-state index in [0.29, 0.717) is 12.8 Å².